The fourth-order valence-electron chi connectivity index (χ4n) is 1.27. The quantitative estimate of drug-likeness (QED) is 0.716. The molecule has 0 saturated heterocycles. The highest BCUT2D eigenvalue weighted by molar-refractivity contribution is 5.91. The molecule has 0 unspecified atom stereocenters. The molecule has 0 spiro atoms. The molecule has 68 valence electrons. The zero-order valence-electron chi connectivity index (χ0n) is 7.24. The van der Waals surface area contributed by atoms with Crippen molar-refractivity contribution in [3.05, 3.63) is 23.5 Å². The number of aromatic carboxylic acids is 1. The highest BCUT2D eigenvalue weighted by atomic mass is 16.4. The molecule has 0 atom stereocenters. The van der Waals surface area contributed by atoms with E-state index < -0.39 is 5.97 Å². The van der Waals surface area contributed by atoms with Gasteiger partial charge in [0.1, 0.15) is 11.6 Å². The van der Waals surface area contributed by atoms with Crippen LogP contribution >= 0.6 is 0 Å². The smallest absolute Gasteiger partial charge is 0.360 e. The predicted molar refractivity (Wildman–Crippen MR) is 43.9 cm³/mol. The van der Waals surface area contributed by atoms with E-state index in [1.807, 2.05) is 0 Å². The molecule has 1 N–H and O–H groups in total. The van der Waals surface area contributed by atoms with Crippen molar-refractivity contribution >= 4 is 11.7 Å². The van der Waals surface area contributed by atoms with E-state index in [0.29, 0.717) is 17.3 Å². The summed E-state index contributed by atoms with van der Waals surface area (Å²) in [6.07, 6.45) is 1.71. The van der Waals surface area contributed by atoms with Crippen molar-refractivity contribution in [1.29, 1.82) is 0 Å². The van der Waals surface area contributed by atoms with Crippen molar-refractivity contribution in [3.63, 3.8) is 0 Å². The van der Waals surface area contributed by atoms with E-state index in [1.54, 1.807) is 24.4 Å². The average Bonchev–Trinajstić information content (AvgIpc) is 2.51. The Hall–Kier alpha value is -1.78. The second kappa shape index (κ2) is 2.35. The summed E-state index contributed by atoms with van der Waals surface area (Å²) in [5.74, 6) is 0.215. The summed E-state index contributed by atoms with van der Waals surface area (Å²) < 4.78 is 6.82. The van der Waals surface area contributed by atoms with Gasteiger partial charge in [-0.3, -0.25) is 4.40 Å². The van der Waals surface area contributed by atoms with Gasteiger partial charge >= 0.3 is 5.97 Å². The minimum atomic E-state index is -1.07. The van der Waals surface area contributed by atoms with Gasteiger partial charge < -0.3 is 9.52 Å². The van der Waals surface area contributed by atoms with Crippen LogP contribution in [0.4, 0.5) is 0 Å². The topological polar surface area (TPSA) is 67.7 Å². The van der Waals surface area contributed by atoms with E-state index in [-0.39, 0.29) is 5.69 Å². The molecule has 2 aromatic heterocycles. The van der Waals surface area contributed by atoms with E-state index in [1.165, 1.54) is 0 Å². The minimum absolute atomic E-state index is 0.0365. The zero-order valence-corrected chi connectivity index (χ0v) is 7.24. The van der Waals surface area contributed by atoms with Crippen LogP contribution in [0.5, 0.6) is 0 Å². The van der Waals surface area contributed by atoms with Crippen LogP contribution in [0.25, 0.3) is 5.71 Å². The van der Waals surface area contributed by atoms with Gasteiger partial charge in [0.2, 0.25) is 11.4 Å². The van der Waals surface area contributed by atoms with Gasteiger partial charge in [0.25, 0.3) is 0 Å². The number of rotatable bonds is 1. The molecule has 0 aromatic carbocycles. The number of hydrogen-bond acceptors (Lipinski definition) is 3. The lowest BCUT2D eigenvalue weighted by atomic mass is 10.5. The van der Waals surface area contributed by atoms with E-state index in [9.17, 15) is 4.79 Å². The Labute approximate surface area is 73.6 Å². The number of aromatic nitrogens is 2. The second-order valence-electron chi connectivity index (χ2n) is 2.83. The lowest BCUT2D eigenvalue weighted by Gasteiger charge is -1.83. The minimum Gasteiger partial charge on any atom is -0.476 e. The Morgan fingerprint density at radius 1 is 1.62 bits per heavy atom. The van der Waals surface area contributed by atoms with Crippen LogP contribution in [-0.2, 0) is 0 Å². The third-order valence-corrected chi connectivity index (χ3v) is 1.81. The molecule has 0 fully saturated rings. The molecule has 0 bridgehead atoms. The molecule has 0 radical (unpaired) electrons. The van der Waals surface area contributed by atoms with Crippen molar-refractivity contribution in [2.24, 2.45) is 0 Å². The van der Waals surface area contributed by atoms with Crippen LogP contribution < -0.4 is 0 Å². The van der Waals surface area contributed by atoms with Gasteiger partial charge in [0, 0.05) is 0 Å². The molecule has 0 aliphatic heterocycles. The van der Waals surface area contributed by atoms with Gasteiger partial charge in [-0.1, -0.05) is 0 Å². The molecule has 2 heterocycles. The third kappa shape index (κ3) is 1.00. The summed E-state index contributed by atoms with van der Waals surface area (Å²) in [5.41, 5.74) is 0.258. The van der Waals surface area contributed by atoms with E-state index in [2.05, 4.69) is 4.98 Å². The molecule has 2 rings (SSSR count). The Bertz CT molecular complexity index is 481. The molecule has 2 aromatic rings. The third-order valence-electron chi connectivity index (χ3n) is 1.81. The highest BCUT2D eigenvalue weighted by Crippen LogP contribution is 2.16. The first-order chi connectivity index (χ1) is 6.09. The number of fused-ring (bicyclic) bond motifs is 1. The maximum Gasteiger partial charge on any atom is 0.360 e. The number of carboxylic acid groups (broad SMARTS) is 1. The van der Waals surface area contributed by atoms with Gasteiger partial charge in [-0.15, -0.1) is 0 Å². The van der Waals surface area contributed by atoms with Gasteiger partial charge in [-0.2, -0.15) is 0 Å². The Balaban J connectivity index is 2.83. The lowest BCUT2D eigenvalue weighted by Crippen LogP contribution is -1.96. The molecular formula is C8H8N2O3. The first-order valence-electron chi connectivity index (χ1n) is 3.78. The molecule has 0 aliphatic rings. The van der Waals surface area contributed by atoms with Crippen LogP contribution in [0.2, 0.25) is 0 Å². The summed E-state index contributed by atoms with van der Waals surface area (Å²) in [6, 6.07) is 0. The number of oxazole rings is 1. The number of aryl methyl sites for hydroxylation is 2. The van der Waals surface area contributed by atoms with Crippen LogP contribution in [0.3, 0.4) is 0 Å². The molecule has 0 amide bonds. The predicted octanol–water partition coefficient (Wildman–Crippen LogP) is 1.24. The summed E-state index contributed by atoms with van der Waals surface area (Å²) >= 11 is 0. The monoisotopic (exact) mass is 180 g/mol. The van der Waals surface area contributed by atoms with Crippen LogP contribution in [0.15, 0.2) is 10.6 Å². The van der Waals surface area contributed by atoms with Gasteiger partial charge in [0.15, 0.2) is 0 Å². The molecule has 0 saturated carbocycles. The Morgan fingerprint density at radius 3 is 2.92 bits per heavy atom. The van der Waals surface area contributed by atoms with Crippen molar-refractivity contribution in [3.8, 4) is 0 Å². The van der Waals surface area contributed by atoms with Crippen molar-refractivity contribution in [2.75, 3.05) is 0 Å². The van der Waals surface area contributed by atoms with Crippen LogP contribution in [0.1, 0.15) is 22.1 Å². The Morgan fingerprint density at radius 2 is 2.31 bits per heavy atom. The zero-order chi connectivity index (χ0) is 9.59. The fourth-order valence-corrected chi connectivity index (χ4v) is 1.27. The van der Waals surface area contributed by atoms with Gasteiger partial charge in [-0.25, -0.2) is 9.78 Å². The maximum absolute atomic E-state index is 10.7. The normalized spacial score (nSPS) is 10.9. The number of hydrogen-bond donors (Lipinski definition) is 1. The second-order valence-corrected chi connectivity index (χ2v) is 2.83. The van der Waals surface area contributed by atoms with Gasteiger partial charge in [-0.05, 0) is 13.8 Å². The SMILES string of the molecule is Cc1cn2c(C)nc(C(=O)O)c2o1. The Kier molecular flexibility index (Phi) is 1.42. The first-order valence-corrected chi connectivity index (χ1v) is 3.78. The molecule has 13 heavy (non-hydrogen) atoms. The first kappa shape index (κ1) is 7.85. The maximum atomic E-state index is 10.7. The summed E-state index contributed by atoms with van der Waals surface area (Å²) in [7, 11) is 0. The van der Waals surface area contributed by atoms with Crippen LogP contribution in [-0.4, -0.2) is 20.5 Å². The van der Waals surface area contributed by atoms with Crippen molar-refractivity contribution in [1.82, 2.24) is 9.38 Å². The average molecular weight is 180 g/mol. The number of carboxylic acids is 1. The van der Waals surface area contributed by atoms with E-state index in [4.69, 9.17) is 9.52 Å². The van der Waals surface area contributed by atoms with E-state index >= 15 is 0 Å². The molecular weight excluding hydrogens is 172 g/mol. The fraction of sp³-hybridized carbons (Fsp3) is 0.250. The number of carbonyl (C=O) groups is 1. The number of nitrogens with zero attached hydrogens (tertiary/aromatic N) is 2. The van der Waals surface area contributed by atoms with E-state index in [0.717, 1.165) is 0 Å². The van der Waals surface area contributed by atoms with Crippen LogP contribution in [0, 0.1) is 13.8 Å². The number of imidazole rings is 1. The van der Waals surface area contributed by atoms with Crippen molar-refractivity contribution < 1.29 is 14.3 Å². The molecule has 0 aliphatic carbocycles. The standard InChI is InChI=1S/C8H8N2O3/c1-4-3-10-5(2)9-6(8(11)12)7(10)13-4/h3H,1-2H3,(H,11,12). The van der Waals surface area contributed by atoms with Crippen molar-refractivity contribution in [2.45, 2.75) is 13.8 Å². The highest BCUT2D eigenvalue weighted by Gasteiger charge is 2.17. The summed E-state index contributed by atoms with van der Waals surface area (Å²) in [5, 5.41) is 8.77. The summed E-state index contributed by atoms with van der Waals surface area (Å²) in [6.45, 7) is 3.49. The summed E-state index contributed by atoms with van der Waals surface area (Å²) in [4.78, 5) is 14.6. The largest absolute Gasteiger partial charge is 0.476 e. The van der Waals surface area contributed by atoms with Gasteiger partial charge in [0.05, 0.1) is 6.20 Å². The molecule has 5 heteroatoms. The molecule has 5 nitrogen and oxygen atoms in total. The lowest BCUT2D eigenvalue weighted by molar-refractivity contribution is 0.0692.